The summed E-state index contributed by atoms with van der Waals surface area (Å²) in [6.45, 7) is 11.7. The Balaban J connectivity index is 1.60. The third-order valence-corrected chi connectivity index (χ3v) is 7.67. The molecule has 1 saturated heterocycles. The second-order valence-corrected chi connectivity index (χ2v) is 11.2. The summed E-state index contributed by atoms with van der Waals surface area (Å²) in [6.07, 6.45) is 0.162. The van der Waals surface area contributed by atoms with Gasteiger partial charge in [-0.3, -0.25) is 0 Å². The van der Waals surface area contributed by atoms with Gasteiger partial charge in [0.15, 0.2) is 0 Å². The van der Waals surface area contributed by atoms with Crippen molar-refractivity contribution in [3.05, 3.63) is 108 Å². The Morgan fingerprint density at radius 2 is 1.33 bits per heavy atom. The summed E-state index contributed by atoms with van der Waals surface area (Å²) < 4.78 is 6.22. The molecule has 36 heavy (non-hydrogen) atoms. The number of nitrogens with zero attached hydrogens (tertiary/aromatic N) is 2. The Kier molecular flexibility index (Phi) is 5.33. The summed E-state index contributed by atoms with van der Waals surface area (Å²) in [6, 6.07) is 35.3. The largest absolute Gasteiger partial charge is 0.456 e. The summed E-state index contributed by atoms with van der Waals surface area (Å²) in [5.74, 6) is 0. The smallest absolute Gasteiger partial charge is 0.135 e. The van der Waals surface area contributed by atoms with E-state index in [4.69, 9.17) is 4.42 Å². The SMILES string of the molecule is Cc1cc2oc3ccccc3c2cc1N1C(C(C)(C)C)N(c2ccccc2)C(c2ccccc2)[C@@H]1C. The quantitative estimate of drug-likeness (QED) is 0.261. The maximum atomic E-state index is 6.22. The number of rotatable bonds is 3. The highest BCUT2D eigenvalue weighted by Crippen LogP contribution is 2.50. The second-order valence-electron chi connectivity index (χ2n) is 11.2. The third kappa shape index (κ3) is 3.57. The molecule has 1 aliphatic heterocycles. The molecule has 3 atom stereocenters. The summed E-state index contributed by atoms with van der Waals surface area (Å²) in [4.78, 5) is 5.32. The number of para-hydroxylation sites is 2. The lowest BCUT2D eigenvalue weighted by atomic mass is 9.89. The van der Waals surface area contributed by atoms with Gasteiger partial charge in [-0.25, -0.2) is 0 Å². The molecule has 1 aromatic heterocycles. The van der Waals surface area contributed by atoms with E-state index in [1.807, 2.05) is 6.07 Å². The maximum absolute atomic E-state index is 6.22. The molecule has 3 nitrogen and oxygen atoms in total. The van der Waals surface area contributed by atoms with Crippen molar-refractivity contribution in [3.8, 4) is 0 Å². The van der Waals surface area contributed by atoms with Crippen LogP contribution in [0.1, 0.15) is 44.9 Å². The van der Waals surface area contributed by atoms with Gasteiger partial charge in [-0.15, -0.1) is 0 Å². The van der Waals surface area contributed by atoms with E-state index in [1.54, 1.807) is 0 Å². The molecule has 0 bridgehead atoms. The number of furan rings is 1. The van der Waals surface area contributed by atoms with Crippen LogP contribution in [0.5, 0.6) is 0 Å². The number of benzene rings is 4. The first-order valence-electron chi connectivity index (χ1n) is 12.9. The summed E-state index contributed by atoms with van der Waals surface area (Å²) in [7, 11) is 0. The van der Waals surface area contributed by atoms with Crippen molar-refractivity contribution in [2.75, 3.05) is 9.80 Å². The fourth-order valence-electron chi connectivity index (χ4n) is 6.21. The zero-order valence-electron chi connectivity index (χ0n) is 21.8. The monoisotopic (exact) mass is 474 g/mol. The number of fused-ring (bicyclic) bond motifs is 3. The van der Waals surface area contributed by atoms with Gasteiger partial charge in [-0.2, -0.15) is 0 Å². The van der Waals surface area contributed by atoms with E-state index < -0.39 is 0 Å². The number of aryl methyl sites for hydroxylation is 1. The molecular formula is C33H34N2O. The van der Waals surface area contributed by atoms with Crippen molar-refractivity contribution in [3.63, 3.8) is 0 Å². The fraction of sp³-hybridized carbons (Fsp3) is 0.273. The van der Waals surface area contributed by atoms with Crippen LogP contribution in [0.2, 0.25) is 0 Å². The van der Waals surface area contributed by atoms with E-state index in [0.29, 0.717) is 0 Å². The first-order valence-corrected chi connectivity index (χ1v) is 12.9. The Morgan fingerprint density at radius 3 is 2.03 bits per heavy atom. The zero-order valence-corrected chi connectivity index (χ0v) is 21.8. The van der Waals surface area contributed by atoms with E-state index in [-0.39, 0.29) is 23.7 Å². The van der Waals surface area contributed by atoms with Crippen LogP contribution in [0, 0.1) is 12.3 Å². The van der Waals surface area contributed by atoms with Crippen molar-refractivity contribution < 1.29 is 4.42 Å². The molecule has 0 aliphatic carbocycles. The van der Waals surface area contributed by atoms with Crippen molar-refractivity contribution >= 4 is 33.3 Å². The van der Waals surface area contributed by atoms with Crippen molar-refractivity contribution in [1.29, 1.82) is 0 Å². The van der Waals surface area contributed by atoms with Crippen molar-refractivity contribution in [2.24, 2.45) is 5.41 Å². The summed E-state index contributed by atoms with van der Waals surface area (Å²) >= 11 is 0. The normalized spacial score (nSPS) is 20.5. The Bertz CT molecular complexity index is 1510. The molecule has 2 heterocycles. The van der Waals surface area contributed by atoms with Crippen LogP contribution in [0.25, 0.3) is 21.9 Å². The number of hydrogen-bond donors (Lipinski definition) is 0. The van der Waals surface area contributed by atoms with E-state index in [9.17, 15) is 0 Å². The van der Waals surface area contributed by atoms with Gasteiger partial charge >= 0.3 is 0 Å². The van der Waals surface area contributed by atoms with E-state index in [0.717, 1.165) is 11.2 Å². The topological polar surface area (TPSA) is 19.6 Å². The molecule has 6 rings (SSSR count). The number of anilines is 2. The van der Waals surface area contributed by atoms with Crippen LogP contribution in [0.15, 0.2) is 101 Å². The van der Waals surface area contributed by atoms with E-state index >= 15 is 0 Å². The highest BCUT2D eigenvalue weighted by molar-refractivity contribution is 6.06. The van der Waals surface area contributed by atoms with Crippen LogP contribution >= 0.6 is 0 Å². The lowest BCUT2D eigenvalue weighted by molar-refractivity contribution is 0.316. The van der Waals surface area contributed by atoms with Crippen molar-refractivity contribution in [1.82, 2.24) is 0 Å². The third-order valence-electron chi connectivity index (χ3n) is 7.67. The molecular weight excluding hydrogens is 440 g/mol. The minimum atomic E-state index is -0.00646. The maximum Gasteiger partial charge on any atom is 0.135 e. The van der Waals surface area contributed by atoms with Gasteiger partial charge < -0.3 is 14.2 Å². The average molecular weight is 475 g/mol. The molecule has 1 aliphatic rings. The van der Waals surface area contributed by atoms with Crippen LogP contribution in [0.4, 0.5) is 11.4 Å². The van der Waals surface area contributed by atoms with Gasteiger partial charge in [0.05, 0.1) is 12.1 Å². The predicted molar refractivity (Wildman–Crippen MR) is 152 cm³/mol. The van der Waals surface area contributed by atoms with Gasteiger partial charge in [-0.1, -0.05) is 87.5 Å². The Hall–Kier alpha value is -3.72. The zero-order chi connectivity index (χ0) is 25.0. The summed E-state index contributed by atoms with van der Waals surface area (Å²) in [5, 5.41) is 2.35. The van der Waals surface area contributed by atoms with Gasteiger partial charge in [0.2, 0.25) is 0 Å². The fourth-order valence-corrected chi connectivity index (χ4v) is 6.21. The van der Waals surface area contributed by atoms with Gasteiger partial charge in [-0.05, 0) is 55.3 Å². The predicted octanol–water partition coefficient (Wildman–Crippen LogP) is 8.72. The molecule has 0 N–H and O–H groups in total. The number of hydrogen-bond acceptors (Lipinski definition) is 3. The van der Waals surface area contributed by atoms with Gasteiger partial charge in [0, 0.05) is 27.6 Å². The molecule has 0 amide bonds. The van der Waals surface area contributed by atoms with Crippen LogP contribution in [-0.4, -0.2) is 12.2 Å². The Labute approximate surface area is 214 Å². The lowest BCUT2D eigenvalue weighted by Gasteiger charge is -2.43. The Morgan fingerprint density at radius 1 is 0.694 bits per heavy atom. The van der Waals surface area contributed by atoms with Crippen LogP contribution in [0.3, 0.4) is 0 Å². The second kappa shape index (κ2) is 8.44. The lowest BCUT2D eigenvalue weighted by Crippen LogP contribution is -2.49. The standard InChI is InChI=1S/C33H34N2O/c1-22-20-30-27(26-18-12-13-19-29(26)36-30)21-28(22)34-23(2)31(24-14-8-6-9-15-24)35(32(34)33(3,4)5)25-16-10-7-11-17-25/h6-21,23,31-32H,1-5H3/t23-,31?,32?/m0/s1. The van der Waals surface area contributed by atoms with Gasteiger partial charge in [0.1, 0.15) is 17.3 Å². The molecule has 0 spiro atoms. The molecule has 0 radical (unpaired) electrons. The minimum absolute atomic E-state index is 0.00646. The molecule has 4 aromatic carbocycles. The molecule has 0 saturated carbocycles. The minimum Gasteiger partial charge on any atom is -0.456 e. The molecule has 182 valence electrons. The molecule has 5 aromatic rings. The highest BCUT2D eigenvalue weighted by Gasteiger charge is 2.50. The first-order chi connectivity index (χ1) is 17.3. The molecule has 2 unspecified atom stereocenters. The molecule has 1 fully saturated rings. The molecule has 3 heteroatoms. The van der Waals surface area contributed by atoms with E-state index in [2.05, 4.69) is 135 Å². The van der Waals surface area contributed by atoms with Crippen molar-refractivity contribution in [2.45, 2.75) is 52.9 Å². The van der Waals surface area contributed by atoms with Gasteiger partial charge in [0.25, 0.3) is 0 Å². The highest BCUT2D eigenvalue weighted by atomic mass is 16.3. The first kappa shape index (κ1) is 22.7. The van der Waals surface area contributed by atoms with Crippen LogP contribution in [-0.2, 0) is 0 Å². The summed E-state index contributed by atoms with van der Waals surface area (Å²) in [5.41, 5.74) is 7.01. The van der Waals surface area contributed by atoms with Crippen LogP contribution < -0.4 is 9.80 Å². The van der Waals surface area contributed by atoms with E-state index in [1.165, 1.54) is 33.3 Å². The average Bonchev–Trinajstić information content (AvgIpc) is 3.39.